The van der Waals surface area contributed by atoms with Gasteiger partial charge in [0.05, 0.1) is 19.4 Å². The molecule has 0 atom stereocenters. The Bertz CT molecular complexity index is 814. The van der Waals surface area contributed by atoms with Crippen LogP contribution in [0, 0.1) is 0 Å². The van der Waals surface area contributed by atoms with Crippen LogP contribution in [0.4, 0.5) is 26.3 Å². The quantitative estimate of drug-likeness (QED) is 0.271. The van der Waals surface area contributed by atoms with Crippen molar-refractivity contribution in [2.45, 2.75) is 42.9 Å². The largest absolute Gasteiger partial charge is 0.465 e. The van der Waals surface area contributed by atoms with E-state index in [9.17, 15) is 31.1 Å². The van der Waals surface area contributed by atoms with Gasteiger partial charge in [-0.2, -0.15) is 8.78 Å². The molecule has 2 nitrogen and oxygen atoms in total. The lowest BCUT2D eigenvalue weighted by Crippen LogP contribution is -2.35. The Morgan fingerprint density at radius 2 is 1.54 bits per heavy atom. The van der Waals surface area contributed by atoms with Crippen LogP contribution in [0.15, 0.2) is 42.5 Å². The summed E-state index contributed by atoms with van der Waals surface area (Å²) in [6.07, 6.45) is -5.85. The number of halogens is 7. The molecule has 0 saturated carbocycles. The summed E-state index contributed by atoms with van der Waals surface area (Å²) in [5.41, 5.74) is 0.827. The fraction of sp³-hybridized carbons (Fsp3) is 0.421. The van der Waals surface area contributed by atoms with Crippen molar-refractivity contribution < 1.29 is 35.9 Å². The van der Waals surface area contributed by atoms with Crippen molar-refractivity contribution in [3.63, 3.8) is 0 Å². The van der Waals surface area contributed by atoms with Crippen LogP contribution in [-0.4, -0.2) is 29.8 Å². The van der Waals surface area contributed by atoms with Gasteiger partial charge < -0.3 is 4.74 Å². The minimum Gasteiger partial charge on any atom is -0.465 e. The average molecular weight is 427 g/mol. The van der Waals surface area contributed by atoms with Crippen molar-refractivity contribution in [1.82, 2.24) is 0 Å². The molecule has 0 aliphatic rings. The smallest absolute Gasteiger partial charge is 0.327 e. The molecule has 0 saturated heterocycles. The van der Waals surface area contributed by atoms with E-state index in [0.717, 1.165) is 16.3 Å². The molecule has 0 radical (unpaired) electrons. The normalized spacial score (nSPS) is 13.0. The molecule has 28 heavy (non-hydrogen) atoms. The van der Waals surface area contributed by atoms with Crippen LogP contribution in [0.25, 0.3) is 10.8 Å². The first kappa shape index (κ1) is 22.3. The summed E-state index contributed by atoms with van der Waals surface area (Å²) in [5, 5.41) is -2.46. The third-order valence-corrected chi connectivity index (χ3v) is 4.03. The van der Waals surface area contributed by atoms with E-state index in [1.807, 2.05) is 30.3 Å². The standard InChI is InChI=1S/C19H17ClF6O2/c20-19(25,26)12-18(23,24)11-17(21,22)10-16(27)28-9-8-14-6-3-5-13-4-1-2-7-15(13)14/h1-7H,8-12H2. The van der Waals surface area contributed by atoms with Gasteiger partial charge in [-0.25, -0.2) is 17.6 Å². The topological polar surface area (TPSA) is 26.3 Å². The van der Waals surface area contributed by atoms with E-state index in [1.165, 1.54) is 0 Å². The molecule has 0 spiro atoms. The zero-order valence-corrected chi connectivity index (χ0v) is 15.3. The maximum absolute atomic E-state index is 13.6. The van der Waals surface area contributed by atoms with Crippen LogP contribution in [0.5, 0.6) is 0 Å². The number of benzene rings is 2. The Balaban J connectivity index is 1.87. The molecule has 0 unspecified atom stereocenters. The van der Waals surface area contributed by atoms with Crippen molar-refractivity contribution in [3.8, 4) is 0 Å². The number of esters is 1. The number of rotatable bonds is 9. The molecule has 9 heteroatoms. The highest BCUT2D eigenvalue weighted by molar-refractivity contribution is 6.21. The van der Waals surface area contributed by atoms with Crippen LogP contribution in [0.1, 0.15) is 24.8 Å². The van der Waals surface area contributed by atoms with E-state index in [1.54, 1.807) is 12.1 Å². The van der Waals surface area contributed by atoms with Crippen LogP contribution in [0.3, 0.4) is 0 Å². The van der Waals surface area contributed by atoms with Gasteiger partial charge in [0.1, 0.15) is 6.42 Å². The summed E-state index contributed by atoms with van der Waals surface area (Å²) in [6.45, 7) is -0.223. The predicted molar refractivity (Wildman–Crippen MR) is 93.2 cm³/mol. The Labute approximate surface area is 162 Å². The number of alkyl halides is 7. The van der Waals surface area contributed by atoms with Crippen LogP contribution in [-0.2, 0) is 16.0 Å². The van der Waals surface area contributed by atoms with E-state index < -0.39 is 42.5 Å². The minimum atomic E-state index is -4.43. The fourth-order valence-corrected chi connectivity index (χ4v) is 3.04. The van der Waals surface area contributed by atoms with Crippen LogP contribution >= 0.6 is 11.6 Å². The Kier molecular flexibility index (Phi) is 6.85. The van der Waals surface area contributed by atoms with E-state index in [2.05, 4.69) is 11.6 Å². The van der Waals surface area contributed by atoms with Gasteiger partial charge in [0.2, 0.25) is 0 Å². The van der Waals surface area contributed by atoms with Gasteiger partial charge in [-0.15, -0.1) is 0 Å². The first-order valence-electron chi connectivity index (χ1n) is 8.32. The number of ether oxygens (including phenoxy) is 1. The summed E-state index contributed by atoms with van der Waals surface area (Å²) < 4.78 is 83.4. The predicted octanol–water partition coefficient (Wildman–Crippen LogP) is 6.20. The molecule has 2 aromatic rings. The van der Waals surface area contributed by atoms with Crippen molar-refractivity contribution in [2.24, 2.45) is 0 Å². The summed E-state index contributed by atoms with van der Waals surface area (Å²) in [4.78, 5) is 11.6. The highest BCUT2D eigenvalue weighted by Gasteiger charge is 2.49. The molecular formula is C19H17ClF6O2. The van der Waals surface area contributed by atoms with E-state index in [0.29, 0.717) is 0 Å². The summed E-state index contributed by atoms with van der Waals surface area (Å²) in [7, 11) is 0. The van der Waals surface area contributed by atoms with E-state index in [-0.39, 0.29) is 13.0 Å². The molecule has 0 fully saturated rings. The molecule has 0 amide bonds. The van der Waals surface area contributed by atoms with Gasteiger partial charge in [0.15, 0.2) is 0 Å². The second kappa shape index (κ2) is 8.59. The molecule has 0 aromatic heterocycles. The van der Waals surface area contributed by atoms with Crippen LogP contribution in [0.2, 0.25) is 0 Å². The summed E-state index contributed by atoms with van der Waals surface area (Å²) >= 11 is 4.37. The first-order chi connectivity index (χ1) is 12.9. The SMILES string of the molecule is O=C(CC(F)(F)CC(F)(F)CC(F)(F)Cl)OCCc1cccc2ccccc12. The molecule has 2 rings (SSSR count). The van der Waals surface area contributed by atoms with Gasteiger partial charge in [-0.3, -0.25) is 4.79 Å². The second-order valence-corrected chi connectivity index (χ2v) is 7.02. The summed E-state index contributed by atoms with van der Waals surface area (Å²) in [6, 6.07) is 12.9. The van der Waals surface area contributed by atoms with Crippen molar-refractivity contribution in [1.29, 1.82) is 0 Å². The minimum absolute atomic E-state index is 0.223. The molecule has 2 aromatic carbocycles. The highest BCUT2D eigenvalue weighted by atomic mass is 35.5. The number of carbonyl (C=O) groups is 1. The maximum atomic E-state index is 13.6. The highest BCUT2D eigenvalue weighted by Crippen LogP contribution is 2.41. The van der Waals surface area contributed by atoms with Gasteiger partial charge in [-0.05, 0) is 27.9 Å². The van der Waals surface area contributed by atoms with Crippen LogP contribution < -0.4 is 0 Å². The molecule has 0 aliphatic carbocycles. The van der Waals surface area contributed by atoms with Crippen molar-refractivity contribution >= 4 is 28.3 Å². The fourth-order valence-electron chi connectivity index (χ4n) is 2.84. The van der Waals surface area contributed by atoms with Gasteiger partial charge in [-0.1, -0.05) is 42.5 Å². The number of hydrogen-bond donors (Lipinski definition) is 0. The monoisotopic (exact) mass is 426 g/mol. The Morgan fingerprint density at radius 3 is 2.21 bits per heavy atom. The molecule has 0 heterocycles. The number of hydrogen-bond acceptors (Lipinski definition) is 2. The van der Waals surface area contributed by atoms with Gasteiger partial charge >= 0.3 is 11.4 Å². The van der Waals surface area contributed by atoms with Gasteiger partial charge in [0, 0.05) is 6.42 Å². The maximum Gasteiger partial charge on any atom is 0.327 e. The average Bonchev–Trinajstić information content (AvgIpc) is 2.50. The second-order valence-electron chi connectivity index (χ2n) is 6.47. The summed E-state index contributed by atoms with van der Waals surface area (Å²) in [5.74, 6) is -10.0. The molecule has 154 valence electrons. The lowest BCUT2D eigenvalue weighted by molar-refractivity contribution is -0.164. The third-order valence-electron chi connectivity index (χ3n) is 3.89. The Hall–Kier alpha value is -1.96. The zero-order valence-electron chi connectivity index (χ0n) is 14.5. The van der Waals surface area contributed by atoms with Gasteiger partial charge in [0.25, 0.3) is 11.8 Å². The molecule has 0 bridgehead atoms. The lowest BCUT2D eigenvalue weighted by atomic mass is 10.0. The molecule has 0 N–H and O–H groups in total. The first-order valence-corrected chi connectivity index (χ1v) is 8.69. The van der Waals surface area contributed by atoms with Crippen molar-refractivity contribution in [2.75, 3.05) is 6.61 Å². The lowest BCUT2D eigenvalue weighted by Gasteiger charge is -2.24. The molecule has 0 aliphatic heterocycles. The number of carbonyl (C=O) groups excluding carboxylic acids is 1. The third kappa shape index (κ3) is 7.22. The Morgan fingerprint density at radius 1 is 0.893 bits per heavy atom. The number of fused-ring (bicyclic) bond motifs is 1. The molecular weight excluding hydrogens is 410 g/mol. The van der Waals surface area contributed by atoms with E-state index in [4.69, 9.17) is 4.74 Å². The van der Waals surface area contributed by atoms with E-state index >= 15 is 0 Å². The zero-order chi connectivity index (χ0) is 21.0. The van der Waals surface area contributed by atoms with Crippen molar-refractivity contribution in [3.05, 3.63) is 48.0 Å².